The maximum atomic E-state index is 5.62. The van der Waals surface area contributed by atoms with Crippen molar-refractivity contribution >= 4 is 11.6 Å². The van der Waals surface area contributed by atoms with Crippen LogP contribution in [-0.2, 0) is 10.2 Å². The molecule has 5 nitrogen and oxygen atoms in total. The average Bonchev–Trinajstić information content (AvgIpc) is 2.44. The average molecular weight is 292 g/mol. The van der Waals surface area contributed by atoms with E-state index in [-0.39, 0.29) is 11.5 Å². The summed E-state index contributed by atoms with van der Waals surface area (Å²) in [6.07, 6.45) is 1.33. The normalized spacial score (nSPS) is 19.7. The van der Waals surface area contributed by atoms with Gasteiger partial charge in [-0.2, -0.15) is 0 Å². The predicted molar refractivity (Wildman–Crippen MR) is 87.1 cm³/mol. The Morgan fingerprint density at radius 3 is 2.76 bits per heavy atom. The van der Waals surface area contributed by atoms with Crippen molar-refractivity contribution in [3.63, 3.8) is 0 Å². The Kier molecular flexibility index (Phi) is 5.04. The molecule has 0 aliphatic carbocycles. The quantitative estimate of drug-likeness (QED) is 0.925. The summed E-state index contributed by atoms with van der Waals surface area (Å²) < 4.78 is 5.62. The zero-order valence-corrected chi connectivity index (χ0v) is 13.9. The number of aromatic nitrogens is 2. The Bertz CT molecular complexity index is 470. The third kappa shape index (κ3) is 4.30. The van der Waals surface area contributed by atoms with Gasteiger partial charge < -0.3 is 15.0 Å². The Morgan fingerprint density at radius 2 is 2.14 bits per heavy atom. The number of hydrogen-bond donors (Lipinski definition) is 1. The molecule has 1 saturated heterocycles. The van der Waals surface area contributed by atoms with Crippen molar-refractivity contribution in [3.8, 4) is 0 Å². The molecule has 0 saturated carbocycles. The van der Waals surface area contributed by atoms with E-state index in [1.165, 1.54) is 0 Å². The molecular formula is C16H28N4O. The number of nitrogens with one attached hydrogen (secondary N) is 1. The molecule has 1 N–H and O–H groups in total. The van der Waals surface area contributed by atoms with Crippen LogP contribution in [0.1, 0.15) is 46.9 Å². The summed E-state index contributed by atoms with van der Waals surface area (Å²) in [5.74, 6) is 2.81. The zero-order chi connectivity index (χ0) is 15.5. The molecule has 2 heterocycles. The second-order valence-corrected chi connectivity index (χ2v) is 6.74. The summed E-state index contributed by atoms with van der Waals surface area (Å²) in [5.41, 5.74) is -0.0590. The van der Waals surface area contributed by atoms with E-state index in [4.69, 9.17) is 9.72 Å². The number of morpholine rings is 1. The minimum Gasteiger partial charge on any atom is -0.375 e. The fourth-order valence-electron chi connectivity index (χ4n) is 2.30. The second-order valence-electron chi connectivity index (χ2n) is 6.74. The van der Waals surface area contributed by atoms with E-state index in [2.05, 4.69) is 55.9 Å². The SMILES string of the molecule is CCCNc1cc(N2CCOC(C)C2)nc(C(C)(C)C)n1. The van der Waals surface area contributed by atoms with Crippen molar-refractivity contribution in [1.29, 1.82) is 0 Å². The van der Waals surface area contributed by atoms with Gasteiger partial charge in [-0.25, -0.2) is 9.97 Å². The second kappa shape index (κ2) is 6.60. The first-order chi connectivity index (χ1) is 9.90. The number of ether oxygens (including phenoxy) is 1. The van der Waals surface area contributed by atoms with Gasteiger partial charge in [-0.15, -0.1) is 0 Å². The Balaban J connectivity index is 2.30. The summed E-state index contributed by atoms with van der Waals surface area (Å²) in [4.78, 5) is 11.8. The van der Waals surface area contributed by atoms with Crippen LogP contribution in [0.4, 0.5) is 11.6 Å². The topological polar surface area (TPSA) is 50.3 Å². The molecule has 1 unspecified atom stereocenters. The number of nitrogens with zero attached hydrogens (tertiary/aromatic N) is 3. The first kappa shape index (κ1) is 16.0. The first-order valence-corrected chi connectivity index (χ1v) is 7.90. The van der Waals surface area contributed by atoms with Crippen LogP contribution in [0.2, 0.25) is 0 Å². The molecule has 1 aliphatic rings. The summed E-state index contributed by atoms with van der Waals surface area (Å²) in [6, 6.07) is 2.06. The highest BCUT2D eigenvalue weighted by atomic mass is 16.5. The Hall–Kier alpha value is -1.36. The summed E-state index contributed by atoms with van der Waals surface area (Å²) in [5, 5.41) is 3.39. The first-order valence-electron chi connectivity index (χ1n) is 7.90. The molecule has 1 fully saturated rings. The van der Waals surface area contributed by atoms with Crippen LogP contribution >= 0.6 is 0 Å². The lowest BCUT2D eigenvalue weighted by atomic mass is 9.96. The molecule has 0 amide bonds. The van der Waals surface area contributed by atoms with Crippen LogP contribution < -0.4 is 10.2 Å². The molecule has 0 bridgehead atoms. The van der Waals surface area contributed by atoms with Gasteiger partial charge in [-0.1, -0.05) is 27.7 Å². The van der Waals surface area contributed by atoms with E-state index in [1.807, 2.05) is 0 Å². The fourth-order valence-corrected chi connectivity index (χ4v) is 2.30. The van der Waals surface area contributed by atoms with Gasteiger partial charge in [-0.05, 0) is 13.3 Å². The fraction of sp³-hybridized carbons (Fsp3) is 0.750. The molecule has 21 heavy (non-hydrogen) atoms. The lowest BCUT2D eigenvalue weighted by Gasteiger charge is -2.33. The zero-order valence-electron chi connectivity index (χ0n) is 13.9. The van der Waals surface area contributed by atoms with Crippen molar-refractivity contribution in [1.82, 2.24) is 9.97 Å². The predicted octanol–water partition coefficient (Wildman–Crippen LogP) is 2.82. The van der Waals surface area contributed by atoms with Gasteiger partial charge in [0.15, 0.2) is 0 Å². The maximum Gasteiger partial charge on any atom is 0.138 e. The highest BCUT2D eigenvalue weighted by Gasteiger charge is 2.23. The van der Waals surface area contributed by atoms with Gasteiger partial charge >= 0.3 is 0 Å². The summed E-state index contributed by atoms with van der Waals surface area (Å²) >= 11 is 0. The molecule has 1 aromatic heterocycles. The van der Waals surface area contributed by atoms with Crippen LogP contribution in [0.15, 0.2) is 6.07 Å². The van der Waals surface area contributed by atoms with Crippen molar-refractivity contribution in [3.05, 3.63) is 11.9 Å². The minimum atomic E-state index is -0.0590. The van der Waals surface area contributed by atoms with Crippen molar-refractivity contribution < 1.29 is 4.74 Å². The van der Waals surface area contributed by atoms with Crippen LogP contribution in [0.25, 0.3) is 0 Å². The van der Waals surface area contributed by atoms with E-state index in [0.29, 0.717) is 0 Å². The number of hydrogen-bond acceptors (Lipinski definition) is 5. The van der Waals surface area contributed by atoms with Gasteiger partial charge in [0.1, 0.15) is 17.5 Å². The van der Waals surface area contributed by atoms with Crippen LogP contribution in [0, 0.1) is 0 Å². The molecule has 0 spiro atoms. The van der Waals surface area contributed by atoms with E-state index in [1.54, 1.807) is 0 Å². The van der Waals surface area contributed by atoms with Gasteiger partial charge in [0.05, 0.1) is 12.7 Å². The third-order valence-corrected chi connectivity index (χ3v) is 3.50. The maximum absolute atomic E-state index is 5.62. The lowest BCUT2D eigenvalue weighted by Crippen LogP contribution is -2.41. The molecule has 1 aliphatic heterocycles. The van der Waals surface area contributed by atoms with Crippen LogP contribution in [0.5, 0.6) is 0 Å². The molecular weight excluding hydrogens is 264 g/mol. The largest absolute Gasteiger partial charge is 0.375 e. The summed E-state index contributed by atoms with van der Waals surface area (Å²) in [6.45, 7) is 14.2. The van der Waals surface area contributed by atoms with Crippen molar-refractivity contribution in [2.45, 2.75) is 52.6 Å². The molecule has 1 aromatic rings. The van der Waals surface area contributed by atoms with Gasteiger partial charge in [0, 0.05) is 31.1 Å². The lowest BCUT2D eigenvalue weighted by molar-refractivity contribution is 0.0529. The van der Waals surface area contributed by atoms with Crippen molar-refractivity contribution in [2.75, 3.05) is 36.5 Å². The van der Waals surface area contributed by atoms with E-state index in [0.717, 1.165) is 50.1 Å². The molecule has 0 radical (unpaired) electrons. The van der Waals surface area contributed by atoms with Crippen LogP contribution in [0.3, 0.4) is 0 Å². The Labute approximate surface area is 128 Å². The molecule has 2 rings (SSSR count). The van der Waals surface area contributed by atoms with Gasteiger partial charge in [-0.3, -0.25) is 0 Å². The van der Waals surface area contributed by atoms with E-state index >= 15 is 0 Å². The highest BCUT2D eigenvalue weighted by Crippen LogP contribution is 2.25. The number of anilines is 2. The van der Waals surface area contributed by atoms with Gasteiger partial charge in [0.2, 0.25) is 0 Å². The van der Waals surface area contributed by atoms with E-state index < -0.39 is 0 Å². The Morgan fingerprint density at radius 1 is 1.38 bits per heavy atom. The standard InChI is InChI=1S/C16H28N4O/c1-6-7-17-13-10-14(19-15(18-13)16(3,4)5)20-8-9-21-12(2)11-20/h10,12H,6-9,11H2,1-5H3,(H,17,18,19). The summed E-state index contributed by atoms with van der Waals surface area (Å²) in [7, 11) is 0. The third-order valence-electron chi connectivity index (χ3n) is 3.50. The molecule has 1 atom stereocenters. The monoisotopic (exact) mass is 292 g/mol. The highest BCUT2D eigenvalue weighted by molar-refractivity contribution is 5.50. The molecule has 5 heteroatoms. The van der Waals surface area contributed by atoms with Crippen LogP contribution in [-0.4, -0.2) is 42.3 Å². The molecule has 118 valence electrons. The van der Waals surface area contributed by atoms with Crippen molar-refractivity contribution in [2.24, 2.45) is 0 Å². The van der Waals surface area contributed by atoms with Gasteiger partial charge in [0.25, 0.3) is 0 Å². The minimum absolute atomic E-state index is 0.0590. The van der Waals surface area contributed by atoms with E-state index in [9.17, 15) is 0 Å². The smallest absolute Gasteiger partial charge is 0.138 e. The number of rotatable bonds is 4. The molecule has 0 aromatic carbocycles.